The molecule has 1 aromatic carbocycles. The van der Waals surface area contributed by atoms with Crippen molar-refractivity contribution in [1.82, 2.24) is 0 Å². The zero-order valence-electron chi connectivity index (χ0n) is 9.83. The van der Waals surface area contributed by atoms with Crippen LogP contribution in [0.1, 0.15) is 12.0 Å². The molecular formula is C15H16Si. The van der Waals surface area contributed by atoms with Crippen LogP contribution in [-0.2, 0) is 0 Å². The van der Waals surface area contributed by atoms with Crippen LogP contribution in [0, 0.1) is 0 Å². The third-order valence-electron chi connectivity index (χ3n) is 3.71. The first kappa shape index (κ1) is 9.85. The highest BCUT2D eigenvalue weighted by molar-refractivity contribution is 7.00. The van der Waals surface area contributed by atoms with Crippen LogP contribution in [0.2, 0.25) is 13.1 Å². The molecule has 0 N–H and O–H groups in total. The van der Waals surface area contributed by atoms with E-state index >= 15 is 0 Å². The molecule has 0 bridgehead atoms. The van der Waals surface area contributed by atoms with Gasteiger partial charge in [0.15, 0.2) is 0 Å². The minimum Gasteiger partial charge on any atom is -0.0807 e. The summed E-state index contributed by atoms with van der Waals surface area (Å²) in [6.07, 6.45) is 10.2. The predicted molar refractivity (Wildman–Crippen MR) is 73.4 cm³/mol. The van der Waals surface area contributed by atoms with Gasteiger partial charge in [0.05, 0.1) is 0 Å². The molecule has 0 saturated carbocycles. The second-order valence-corrected chi connectivity index (χ2v) is 9.36. The van der Waals surface area contributed by atoms with Gasteiger partial charge in [0.25, 0.3) is 0 Å². The van der Waals surface area contributed by atoms with E-state index < -0.39 is 8.07 Å². The SMILES string of the molecule is C[Si]1(C)C2=CC=CCC=C2c2ccccc21. The van der Waals surface area contributed by atoms with Gasteiger partial charge in [-0.2, -0.15) is 0 Å². The van der Waals surface area contributed by atoms with E-state index in [1.807, 2.05) is 0 Å². The Morgan fingerprint density at radius 1 is 1.12 bits per heavy atom. The number of hydrogen-bond acceptors (Lipinski definition) is 0. The molecule has 0 aromatic heterocycles. The summed E-state index contributed by atoms with van der Waals surface area (Å²) in [4.78, 5) is 0. The molecule has 0 saturated heterocycles. The highest BCUT2D eigenvalue weighted by Gasteiger charge is 2.39. The van der Waals surface area contributed by atoms with Crippen molar-refractivity contribution in [1.29, 1.82) is 0 Å². The smallest absolute Gasteiger partial charge is 0.0807 e. The van der Waals surface area contributed by atoms with E-state index in [-0.39, 0.29) is 0 Å². The summed E-state index contributed by atoms with van der Waals surface area (Å²) >= 11 is 0. The van der Waals surface area contributed by atoms with Crippen LogP contribution in [-0.4, -0.2) is 8.07 Å². The molecule has 0 fully saturated rings. The van der Waals surface area contributed by atoms with Gasteiger partial charge in [-0.05, 0) is 27.9 Å². The molecule has 0 amide bonds. The Morgan fingerprint density at radius 2 is 1.94 bits per heavy atom. The Kier molecular flexibility index (Phi) is 2.05. The summed E-state index contributed by atoms with van der Waals surface area (Å²) in [6, 6.07) is 8.94. The standard InChI is InChI=1S/C15H16Si/c1-16(2)14-10-5-3-4-8-12(14)13-9-6-7-11-15(13)16/h3,5-11H,4H2,1-2H3. The average Bonchev–Trinajstić information content (AvgIpc) is 2.50. The molecule has 2 aliphatic rings. The van der Waals surface area contributed by atoms with Gasteiger partial charge in [0.1, 0.15) is 8.07 Å². The van der Waals surface area contributed by atoms with E-state index in [1.54, 1.807) is 10.4 Å². The molecule has 16 heavy (non-hydrogen) atoms. The molecule has 1 aliphatic carbocycles. The van der Waals surface area contributed by atoms with E-state index in [1.165, 1.54) is 11.1 Å². The molecule has 80 valence electrons. The molecule has 1 aromatic rings. The number of hydrogen-bond donors (Lipinski definition) is 0. The lowest BCUT2D eigenvalue weighted by Gasteiger charge is -2.18. The van der Waals surface area contributed by atoms with E-state index in [0.717, 1.165) is 6.42 Å². The lowest BCUT2D eigenvalue weighted by Crippen LogP contribution is -2.39. The fourth-order valence-electron chi connectivity index (χ4n) is 2.84. The molecule has 0 atom stereocenters. The molecule has 0 nitrogen and oxygen atoms in total. The van der Waals surface area contributed by atoms with Crippen molar-refractivity contribution in [2.24, 2.45) is 0 Å². The Labute approximate surface area is 98.0 Å². The van der Waals surface area contributed by atoms with Crippen molar-refractivity contribution in [3.05, 3.63) is 59.3 Å². The largest absolute Gasteiger partial charge is 0.113 e. The lowest BCUT2D eigenvalue weighted by atomic mass is 10.1. The van der Waals surface area contributed by atoms with Gasteiger partial charge in [0, 0.05) is 0 Å². The van der Waals surface area contributed by atoms with Gasteiger partial charge in [-0.25, -0.2) is 0 Å². The maximum Gasteiger partial charge on any atom is 0.113 e. The summed E-state index contributed by atoms with van der Waals surface area (Å²) in [6.45, 7) is 4.91. The molecule has 0 radical (unpaired) electrons. The maximum absolute atomic E-state index is 2.46. The van der Waals surface area contributed by atoms with Crippen LogP contribution >= 0.6 is 0 Å². The predicted octanol–water partition coefficient (Wildman–Crippen LogP) is 3.42. The third-order valence-corrected chi connectivity index (χ3v) is 7.28. The van der Waals surface area contributed by atoms with Crippen LogP contribution in [0.4, 0.5) is 0 Å². The fraction of sp³-hybridized carbons (Fsp3) is 0.200. The molecule has 0 spiro atoms. The summed E-state index contributed by atoms with van der Waals surface area (Å²) in [5, 5.41) is 3.20. The summed E-state index contributed by atoms with van der Waals surface area (Å²) in [7, 11) is -1.41. The van der Waals surface area contributed by atoms with E-state index in [2.05, 4.69) is 61.7 Å². The van der Waals surface area contributed by atoms with Crippen LogP contribution in [0.3, 0.4) is 0 Å². The Bertz CT molecular complexity index is 530. The van der Waals surface area contributed by atoms with Crippen molar-refractivity contribution in [3.8, 4) is 0 Å². The monoisotopic (exact) mass is 224 g/mol. The van der Waals surface area contributed by atoms with Crippen LogP contribution in [0.15, 0.2) is 53.8 Å². The second kappa shape index (κ2) is 3.32. The van der Waals surface area contributed by atoms with E-state index in [4.69, 9.17) is 0 Å². The number of rotatable bonds is 0. The van der Waals surface area contributed by atoms with Crippen molar-refractivity contribution in [2.45, 2.75) is 19.5 Å². The number of allylic oxidation sites excluding steroid dienone is 6. The van der Waals surface area contributed by atoms with Crippen molar-refractivity contribution in [2.75, 3.05) is 0 Å². The minimum absolute atomic E-state index is 1.06. The number of fused-ring (bicyclic) bond motifs is 3. The third kappa shape index (κ3) is 1.21. The Morgan fingerprint density at radius 3 is 2.81 bits per heavy atom. The van der Waals surface area contributed by atoms with E-state index in [9.17, 15) is 0 Å². The Hall–Kier alpha value is -1.34. The summed E-state index contributed by atoms with van der Waals surface area (Å²) in [5.41, 5.74) is 2.98. The van der Waals surface area contributed by atoms with Crippen LogP contribution in [0.5, 0.6) is 0 Å². The van der Waals surface area contributed by atoms with Crippen LogP contribution < -0.4 is 5.19 Å². The maximum atomic E-state index is 2.46. The van der Waals surface area contributed by atoms with Gasteiger partial charge in [-0.3, -0.25) is 0 Å². The zero-order chi connectivity index (χ0) is 11.2. The molecule has 1 heteroatoms. The quantitative estimate of drug-likeness (QED) is 0.592. The van der Waals surface area contributed by atoms with Gasteiger partial charge < -0.3 is 0 Å². The first-order valence-corrected chi connectivity index (χ1v) is 8.89. The van der Waals surface area contributed by atoms with Crippen molar-refractivity contribution >= 4 is 18.8 Å². The minimum atomic E-state index is -1.41. The second-order valence-electron chi connectivity index (χ2n) is 5.03. The molecule has 3 rings (SSSR count). The molecule has 0 unspecified atom stereocenters. The number of benzene rings is 1. The Balaban J connectivity index is 2.32. The van der Waals surface area contributed by atoms with Crippen molar-refractivity contribution < 1.29 is 0 Å². The highest BCUT2D eigenvalue weighted by Crippen LogP contribution is 2.38. The molecule has 1 aliphatic heterocycles. The summed E-state index contributed by atoms with van der Waals surface area (Å²) < 4.78 is 0. The van der Waals surface area contributed by atoms with Gasteiger partial charge >= 0.3 is 0 Å². The van der Waals surface area contributed by atoms with E-state index in [0.29, 0.717) is 0 Å². The van der Waals surface area contributed by atoms with Gasteiger partial charge in [0.2, 0.25) is 0 Å². The lowest BCUT2D eigenvalue weighted by molar-refractivity contribution is 1.41. The first-order valence-electron chi connectivity index (χ1n) is 5.89. The summed E-state index contributed by atoms with van der Waals surface area (Å²) in [5.74, 6) is 0. The average molecular weight is 224 g/mol. The normalized spacial score (nSPS) is 20.6. The van der Waals surface area contributed by atoms with Crippen molar-refractivity contribution in [3.63, 3.8) is 0 Å². The van der Waals surface area contributed by atoms with Crippen LogP contribution in [0.25, 0.3) is 5.57 Å². The molecule has 1 heterocycles. The first-order chi connectivity index (χ1) is 7.71. The fourth-order valence-corrected chi connectivity index (χ4v) is 5.95. The molecular weight excluding hydrogens is 208 g/mol. The van der Waals surface area contributed by atoms with Gasteiger partial charge in [-0.1, -0.05) is 61.7 Å². The zero-order valence-corrected chi connectivity index (χ0v) is 10.8. The topological polar surface area (TPSA) is 0 Å². The highest BCUT2D eigenvalue weighted by atomic mass is 28.3. The van der Waals surface area contributed by atoms with Gasteiger partial charge in [-0.15, -0.1) is 0 Å².